The number of ether oxygens (including phenoxy) is 1. The van der Waals surface area contributed by atoms with E-state index in [1.54, 1.807) is 0 Å². The average Bonchev–Trinajstić information content (AvgIpc) is 2.49. The third-order valence-corrected chi connectivity index (χ3v) is 3.74. The number of unbranched alkanes of at least 4 members (excludes halogenated alkanes) is 2. The maximum Gasteiger partial charge on any atom is 0.385 e. The summed E-state index contributed by atoms with van der Waals surface area (Å²) < 4.78 is 59.3. The van der Waals surface area contributed by atoms with E-state index in [-0.39, 0.29) is 5.39 Å². The van der Waals surface area contributed by atoms with Crippen molar-refractivity contribution in [2.24, 2.45) is 0 Å². The van der Waals surface area contributed by atoms with E-state index >= 15 is 0 Å². The Hall–Kier alpha value is -1.62. The van der Waals surface area contributed by atoms with Crippen LogP contribution in [0.1, 0.15) is 37.3 Å². The van der Waals surface area contributed by atoms with Gasteiger partial charge in [0.25, 0.3) is 0 Å². The molecule has 0 N–H and O–H groups in total. The summed E-state index contributed by atoms with van der Waals surface area (Å²) in [6.45, 7) is 2.05. The van der Waals surface area contributed by atoms with Crippen molar-refractivity contribution in [3.8, 4) is 0 Å². The summed E-state index contributed by atoms with van der Waals surface area (Å²) in [5.74, 6) is -1.72. The van der Waals surface area contributed by atoms with Gasteiger partial charge in [0.05, 0.1) is 5.56 Å². The van der Waals surface area contributed by atoms with Crippen LogP contribution in [-0.4, -0.2) is 7.11 Å². The van der Waals surface area contributed by atoms with Crippen LogP contribution < -0.4 is 0 Å². The number of alkyl halides is 2. The Morgan fingerprint density at radius 1 is 1.09 bits per heavy atom. The fraction of sp³-hybridized carbons (Fsp3) is 0.412. The third kappa shape index (κ3) is 3.24. The molecule has 0 aliphatic carbocycles. The number of fused-ring (bicyclic) bond motifs is 1. The molecule has 0 aromatic heterocycles. The predicted octanol–water partition coefficient (Wildman–Crippen LogP) is 5.55. The maximum absolute atomic E-state index is 14.2. The highest BCUT2D eigenvalue weighted by Crippen LogP contribution is 2.34. The van der Waals surface area contributed by atoms with Gasteiger partial charge in [-0.05, 0) is 42.0 Å². The van der Waals surface area contributed by atoms with Crippen molar-refractivity contribution in [2.75, 3.05) is 7.11 Å². The summed E-state index contributed by atoms with van der Waals surface area (Å²) in [4.78, 5) is 0. The minimum Gasteiger partial charge on any atom is -0.320 e. The van der Waals surface area contributed by atoms with E-state index in [0.717, 1.165) is 38.5 Å². The summed E-state index contributed by atoms with van der Waals surface area (Å²) in [5.41, 5.74) is -0.410. The lowest BCUT2D eigenvalue weighted by Gasteiger charge is -2.16. The number of hydrogen-bond donors (Lipinski definition) is 0. The predicted molar refractivity (Wildman–Crippen MR) is 78.0 cm³/mol. The van der Waals surface area contributed by atoms with Crippen LogP contribution in [0.5, 0.6) is 0 Å². The number of methoxy groups -OCH3 is 1. The molecule has 5 heteroatoms. The normalized spacial score (nSPS) is 12.1. The molecule has 22 heavy (non-hydrogen) atoms. The van der Waals surface area contributed by atoms with E-state index in [9.17, 15) is 17.6 Å². The monoisotopic (exact) mass is 314 g/mol. The number of halogens is 4. The fourth-order valence-electron chi connectivity index (χ4n) is 2.45. The fourth-order valence-corrected chi connectivity index (χ4v) is 2.45. The van der Waals surface area contributed by atoms with Crippen LogP contribution in [0.2, 0.25) is 0 Å². The molecule has 0 saturated heterocycles. The molecule has 0 saturated carbocycles. The van der Waals surface area contributed by atoms with Gasteiger partial charge in [-0.15, -0.1) is 0 Å². The molecule has 0 radical (unpaired) electrons. The van der Waals surface area contributed by atoms with Crippen LogP contribution in [0.15, 0.2) is 24.3 Å². The van der Waals surface area contributed by atoms with Crippen molar-refractivity contribution < 1.29 is 22.3 Å². The Bertz CT molecular complexity index is 667. The molecular weight excluding hydrogens is 296 g/mol. The van der Waals surface area contributed by atoms with Crippen molar-refractivity contribution in [1.82, 2.24) is 0 Å². The zero-order valence-corrected chi connectivity index (χ0v) is 12.6. The number of aryl methyl sites for hydroxylation is 1. The number of benzene rings is 2. The van der Waals surface area contributed by atoms with Gasteiger partial charge in [0.1, 0.15) is 11.6 Å². The zero-order valence-electron chi connectivity index (χ0n) is 12.6. The van der Waals surface area contributed by atoms with E-state index in [0.29, 0.717) is 17.4 Å². The molecule has 0 spiro atoms. The van der Waals surface area contributed by atoms with E-state index in [2.05, 4.69) is 4.74 Å². The molecule has 0 amide bonds. The lowest BCUT2D eigenvalue weighted by Crippen LogP contribution is -2.17. The van der Waals surface area contributed by atoms with Crippen molar-refractivity contribution >= 4 is 10.8 Å². The van der Waals surface area contributed by atoms with Crippen LogP contribution in [0.4, 0.5) is 17.6 Å². The lowest BCUT2D eigenvalue weighted by atomic mass is 9.99. The van der Waals surface area contributed by atoms with Crippen LogP contribution in [0.25, 0.3) is 10.8 Å². The molecule has 120 valence electrons. The van der Waals surface area contributed by atoms with Gasteiger partial charge in [-0.2, -0.15) is 8.78 Å². The highest BCUT2D eigenvalue weighted by atomic mass is 19.3. The van der Waals surface area contributed by atoms with E-state index in [1.807, 2.05) is 6.92 Å². The first-order valence-corrected chi connectivity index (χ1v) is 7.24. The third-order valence-electron chi connectivity index (χ3n) is 3.74. The van der Waals surface area contributed by atoms with Gasteiger partial charge in [-0.25, -0.2) is 8.78 Å². The van der Waals surface area contributed by atoms with Crippen LogP contribution in [-0.2, 0) is 17.3 Å². The zero-order chi connectivity index (χ0) is 16.3. The maximum atomic E-state index is 14.2. The van der Waals surface area contributed by atoms with Crippen LogP contribution in [0, 0.1) is 11.6 Å². The summed E-state index contributed by atoms with van der Waals surface area (Å²) >= 11 is 0. The second-order valence-electron chi connectivity index (χ2n) is 5.27. The second kappa shape index (κ2) is 6.65. The molecular formula is C17H18F4O. The summed E-state index contributed by atoms with van der Waals surface area (Å²) in [5, 5.41) is 0.243. The minimum atomic E-state index is -3.74. The van der Waals surface area contributed by atoms with Gasteiger partial charge in [-0.1, -0.05) is 25.8 Å². The Morgan fingerprint density at radius 3 is 2.45 bits per heavy atom. The van der Waals surface area contributed by atoms with Gasteiger partial charge in [0, 0.05) is 12.5 Å². The van der Waals surface area contributed by atoms with Crippen LogP contribution >= 0.6 is 0 Å². The Labute approximate surface area is 126 Å². The number of rotatable bonds is 6. The lowest BCUT2D eigenvalue weighted by molar-refractivity contribution is -0.233. The largest absolute Gasteiger partial charge is 0.385 e. The quantitative estimate of drug-likeness (QED) is 0.502. The van der Waals surface area contributed by atoms with E-state index < -0.39 is 23.3 Å². The van der Waals surface area contributed by atoms with Crippen molar-refractivity contribution in [3.05, 3.63) is 47.0 Å². The Balaban J connectivity index is 2.47. The highest BCUT2D eigenvalue weighted by molar-refractivity contribution is 5.85. The average molecular weight is 314 g/mol. The molecule has 0 aliphatic rings. The minimum absolute atomic E-state index is 0.161. The van der Waals surface area contributed by atoms with Crippen molar-refractivity contribution in [3.63, 3.8) is 0 Å². The SMILES string of the molecule is CCCCCc1cc2ccc(C(F)(F)OC)c(F)c2cc1F. The summed E-state index contributed by atoms with van der Waals surface area (Å²) in [6.07, 6.45) is -0.368. The first-order valence-electron chi connectivity index (χ1n) is 7.24. The topological polar surface area (TPSA) is 9.23 Å². The molecule has 0 unspecified atom stereocenters. The summed E-state index contributed by atoms with van der Waals surface area (Å²) in [7, 11) is 0.793. The molecule has 0 aliphatic heterocycles. The summed E-state index contributed by atoms with van der Waals surface area (Å²) in [6, 6.07) is 4.86. The van der Waals surface area contributed by atoms with Gasteiger partial charge in [0.15, 0.2) is 0 Å². The highest BCUT2D eigenvalue weighted by Gasteiger charge is 2.35. The van der Waals surface area contributed by atoms with Crippen LogP contribution in [0.3, 0.4) is 0 Å². The smallest absolute Gasteiger partial charge is 0.320 e. The van der Waals surface area contributed by atoms with E-state index in [1.165, 1.54) is 12.1 Å². The van der Waals surface area contributed by atoms with Gasteiger partial charge in [-0.3, -0.25) is 0 Å². The standard InChI is InChI=1S/C17H18F4O/c1-3-4-5-6-12-9-11-7-8-14(17(20,21)22-2)16(19)13(11)10-15(12)18/h7-10H,3-6H2,1-2H3. The first kappa shape index (κ1) is 16.7. The van der Waals surface area contributed by atoms with E-state index in [4.69, 9.17) is 0 Å². The van der Waals surface area contributed by atoms with Gasteiger partial charge in [0.2, 0.25) is 0 Å². The second-order valence-corrected chi connectivity index (χ2v) is 5.27. The van der Waals surface area contributed by atoms with Gasteiger partial charge >= 0.3 is 6.11 Å². The Morgan fingerprint density at radius 2 is 1.82 bits per heavy atom. The first-order chi connectivity index (χ1) is 10.4. The van der Waals surface area contributed by atoms with Crippen molar-refractivity contribution in [1.29, 1.82) is 0 Å². The Kier molecular flexibility index (Phi) is 5.06. The molecule has 1 nitrogen and oxygen atoms in total. The molecule has 0 bridgehead atoms. The van der Waals surface area contributed by atoms with Gasteiger partial charge < -0.3 is 4.74 Å². The molecule has 2 rings (SSSR count). The molecule has 0 fully saturated rings. The molecule has 2 aromatic rings. The number of hydrogen-bond acceptors (Lipinski definition) is 1. The molecule has 0 heterocycles. The molecule has 2 aromatic carbocycles. The molecule has 0 atom stereocenters. The van der Waals surface area contributed by atoms with Crippen molar-refractivity contribution in [2.45, 2.75) is 38.7 Å².